The lowest BCUT2D eigenvalue weighted by Gasteiger charge is -2.16. The second-order valence-corrected chi connectivity index (χ2v) is 6.31. The van der Waals surface area contributed by atoms with Crippen LogP contribution in [0.5, 0.6) is 0 Å². The van der Waals surface area contributed by atoms with Crippen LogP contribution in [0.4, 0.5) is 0 Å². The zero-order valence-electron chi connectivity index (χ0n) is 12.3. The number of carbonyl (C=O) groups is 2. The molecule has 21 heavy (non-hydrogen) atoms. The lowest BCUT2D eigenvalue weighted by atomic mass is 10.0. The van der Waals surface area contributed by atoms with Gasteiger partial charge in [0.15, 0.2) is 5.78 Å². The summed E-state index contributed by atoms with van der Waals surface area (Å²) in [6.45, 7) is 2.15. The van der Waals surface area contributed by atoms with Crippen molar-refractivity contribution in [3.05, 3.63) is 46.9 Å². The van der Waals surface area contributed by atoms with Gasteiger partial charge >= 0.3 is 0 Å². The summed E-state index contributed by atoms with van der Waals surface area (Å²) in [5, 5.41) is 2.97. The van der Waals surface area contributed by atoms with E-state index in [0.717, 1.165) is 30.6 Å². The Labute approximate surface area is 130 Å². The highest BCUT2D eigenvalue weighted by atomic mass is 32.2. The van der Waals surface area contributed by atoms with E-state index >= 15 is 0 Å². The average molecular weight is 303 g/mol. The van der Waals surface area contributed by atoms with Gasteiger partial charge < -0.3 is 5.32 Å². The van der Waals surface area contributed by atoms with Gasteiger partial charge in [-0.3, -0.25) is 9.59 Å². The Bertz CT molecular complexity index is 525. The molecule has 0 aliphatic carbocycles. The van der Waals surface area contributed by atoms with Crippen molar-refractivity contribution in [2.45, 2.75) is 38.6 Å². The Morgan fingerprint density at radius 1 is 1.19 bits per heavy atom. The van der Waals surface area contributed by atoms with Gasteiger partial charge in [0.2, 0.25) is 0 Å². The summed E-state index contributed by atoms with van der Waals surface area (Å²) in [6, 6.07) is 9.43. The molecule has 1 aromatic rings. The first kappa shape index (κ1) is 15.8. The van der Waals surface area contributed by atoms with Gasteiger partial charge in [0.1, 0.15) is 0 Å². The SMILES string of the molecule is CCCCCSC1=CC(=O)CC(c2ccccc2)NC1=O. The minimum absolute atomic E-state index is 0.0141. The van der Waals surface area contributed by atoms with Crippen LogP contribution < -0.4 is 5.32 Å². The summed E-state index contributed by atoms with van der Waals surface area (Å²) < 4.78 is 0. The van der Waals surface area contributed by atoms with Crippen molar-refractivity contribution in [2.24, 2.45) is 0 Å². The molecule has 1 aliphatic heterocycles. The molecule has 2 rings (SSSR count). The Hall–Kier alpha value is -1.55. The van der Waals surface area contributed by atoms with E-state index in [-0.39, 0.29) is 17.7 Å². The number of amides is 1. The molecule has 0 fully saturated rings. The monoisotopic (exact) mass is 303 g/mol. The molecule has 1 heterocycles. The minimum Gasteiger partial charge on any atom is -0.344 e. The van der Waals surface area contributed by atoms with Crippen LogP contribution in [0.3, 0.4) is 0 Å². The van der Waals surface area contributed by atoms with Crippen LogP contribution in [0.1, 0.15) is 44.2 Å². The summed E-state index contributed by atoms with van der Waals surface area (Å²) in [7, 11) is 0. The topological polar surface area (TPSA) is 46.2 Å². The van der Waals surface area contributed by atoms with E-state index in [1.54, 1.807) is 0 Å². The van der Waals surface area contributed by atoms with Gasteiger partial charge in [0, 0.05) is 12.5 Å². The fourth-order valence-electron chi connectivity index (χ4n) is 2.28. The summed E-state index contributed by atoms with van der Waals surface area (Å²) in [5.41, 5.74) is 0.977. The molecule has 0 saturated carbocycles. The highest BCUT2D eigenvalue weighted by Crippen LogP contribution is 2.25. The average Bonchev–Trinajstić information content (AvgIpc) is 2.64. The normalized spacial score (nSPS) is 18.9. The number of rotatable bonds is 6. The van der Waals surface area contributed by atoms with Crippen LogP contribution in [-0.4, -0.2) is 17.4 Å². The van der Waals surface area contributed by atoms with Crippen molar-refractivity contribution in [1.29, 1.82) is 0 Å². The Morgan fingerprint density at radius 3 is 2.67 bits per heavy atom. The molecule has 1 atom stereocenters. The van der Waals surface area contributed by atoms with Gasteiger partial charge in [-0.15, -0.1) is 11.8 Å². The molecule has 0 saturated heterocycles. The molecule has 0 radical (unpaired) electrons. The van der Waals surface area contributed by atoms with Gasteiger partial charge in [0.25, 0.3) is 5.91 Å². The van der Waals surface area contributed by atoms with Gasteiger partial charge in [-0.25, -0.2) is 0 Å². The maximum absolute atomic E-state index is 12.3. The summed E-state index contributed by atoms with van der Waals surface area (Å²) in [5.74, 6) is 0.771. The minimum atomic E-state index is -0.226. The van der Waals surface area contributed by atoms with E-state index in [1.165, 1.54) is 17.8 Å². The molecule has 1 N–H and O–H groups in total. The maximum Gasteiger partial charge on any atom is 0.258 e. The molecule has 1 aliphatic rings. The van der Waals surface area contributed by atoms with Gasteiger partial charge in [-0.05, 0) is 17.7 Å². The number of allylic oxidation sites excluding steroid dienone is 1. The zero-order valence-corrected chi connectivity index (χ0v) is 13.1. The molecule has 0 spiro atoms. The molecular formula is C17H21NO2S. The number of ketones is 1. The van der Waals surface area contributed by atoms with E-state index in [4.69, 9.17) is 0 Å². The summed E-state index contributed by atoms with van der Waals surface area (Å²) >= 11 is 1.49. The number of carbonyl (C=O) groups excluding carboxylic acids is 2. The van der Waals surface area contributed by atoms with Crippen LogP contribution in [-0.2, 0) is 9.59 Å². The van der Waals surface area contributed by atoms with E-state index < -0.39 is 0 Å². The predicted molar refractivity (Wildman–Crippen MR) is 87.0 cm³/mol. The Morgan fingerprint density at radius 2 is 1.95 bits per heavy atom. The van der Waals surface area contributed by atoms with Crippen LogP contribution in [0.25, 0.3) is 0 Å². The number of hydrogen-bond donors (Lipinski definition) is 1. The molecule has 112 valence electrons. The Balaban J connectivity index is 2.01. The van der Waals surface area contributed by atoms with Crippen LogP contribution >= 0.6 is 11.8 Å². The third-order valence-corrected chi connectivity index (χ3v) is 4.54. The summed E-state index contributed by atoms with van der Waals surface area (Å²) in [4.78, 5) is 24.8. The van der Waals surface area contributed by atoms with Crippen molar-refractivity contribution in [2.75, 3.05) is 5.75 Å². The van der Waals surface area contributed by atoms with Crippen molar-refractivity contribution in [3.63, 3.8) is 0 Å². The molecule has 4 heteroatoms. The molecule has 1 amide bonds. The fraction of sp³-hybridized carbons (Fsp3) is 0.412. The second kappa shape index (κ2) is 8.03. The molecule has 1 unspecified atom stereocenters. The van der Waals surface area contributed by atoms with Crippen LogP contribution in [0, 0.1) is 0 Å². The first-order valence-corrected chi connectivity index (χ1v) is 8.42. The fourth-order valence-corrected chi connectivity index (χ4v) is 3.25. The van der Waals surface area contributed by atoms with Crippen molar-refractivity contribution >= 4 is 23.5 Å². The zero-order chi connectivity index (χ0) is 15.1. The molecule has 0 bridgehead atoms. The van der Waals surface area contributed by atoms with E-state index in [2.05, 4.69) is 12.2 Å². The third kappa shape index (κ3) is 4.74. The molecular weight excluding hydrogens is 282 g/mol. The predicted octanol–water partition coefficient (Wildman–Crippen LogP) is 3.62. The highest BCUT2D eigenvalue weighted by molar-refractivity contribution is 8.04. The Kier molecular flexibility index (Phi) is 6.05. The van der Waals surface area contributed by atoms with Crippen LogP contribution in [0.15, 0.2) is 41.3 Å². The van der Waals surface area contributed by atoms with E-state index in [1.807, 2.05) is 30.3 Å². The second-order valence-electron chi connectivity index (χ2n) is 5.17. The largest absolute Gasteiger partial charge is 0.344 e. The third-order valence-electron chi connectivity index (χ3n) is 3.43. The molecule has 3 nitrogen and oxygen atoms in total. The van der Waals surface area contributed by atoms with Crippen LogP contribution in [0.2, 0.25) is 0 Å². The van der Waals surface area contributed by atoms with Crippen molar-refractivity contribution < 1.29 is 9.59 Å². The van der Waals surface area contributed by atoms with Crippen molar-refractivity contribution in [3.8, 4) is 0 Å². The van der Waals surface area contributed by atoms with Gasteiger partial charge in [-0.1, -0.05) is 50.1 Å². The molecule has 1 aromatic carbocycles. The lowest BCUT2D eigenvalue weighted by molar-refractivity contribution is -0.117. The number of nitrogens with one attached hydrogen (secondary N) is 1. The highest BCUT2D eigenvalue weighted by Gasteiger charge is 2.24. The van der Waals surface area contributed by atoms with E-state index in [0.29, 0.717) is 11.3 Å². The maximum atomic E-state index is 12.3. The number of benzene rings is 1. The van der Waals surface area contributed by atoms with Gasteiger partial charge in [-0.2, -0.15) is 0 Å². The molecule has 0 aromatic heterocycles. The first-order chi connectivity index (χ1) is 10.2. The van der Waals surface area contributed by atoms with Crippen molar-refractivity contribution in [1.82, 2.24) is 5.32 Å². The lowest BCUT2D eigenvalue weighted by Crippen LogP contribution is -2.28. The summed E-state index contributed by atoms with van der Waals surface area (Å²) in [6.07, 6.45) is 5.22. The number of thioether (sulfide) groups is 1. The first-order valence-electron chi connectivity index (χ1n) is 7.44. The quantitative estimate of drug-likeness (QED) is 0.816. The smallest absolute Gasteiger partial charge is 0.258 e. The van der Waals surface area contributed by atoms with Gasteiger partial charge in [0.05, 0.1) is 10.9 Å². The number of hydrogen-bond acceptors (Lipinski definition) is 3. The standard InChI is InChI=1S/C17H21NO2S/c1-2-3-7-10-21-16-12-14(19)11-15(18-17(16)20)13-8-5-4-6-9-13/h4-6,8-9,12,15H,2-3,7,10-11H2,1H3,(H,18,20). The van der Waals surface area contributed by atoms with E-state index in [9.17, 15) is 9.59 Å². The number of unbranched alkanes of at least 4 members (excludes halogenated alkanes) is 2.